The van der Waals surface area contributed by atoms with Gasteiger partial charge in [0, 0.05) is 25.6 Å². The van der Waals surface area contributed by atoms with E-state index in [0.29, 0.717) is 12.1 Å². The van der Waals surface area contributed by atoms with Gasteiger partial charge in [0.1, 0.15) is 11.6 Å². The van der Waals surface area contributed by atoms with Crippen molar-refractivity contribution in [2.24, 2.45) is 7.05 Å². The Morgan fingerprint density at radius 1 is 0.814 bits per heavy atom. The third-order valence-corrected chi connectivity index (χ3v) is 7.41. The van der Waals surface area contributed by atoms with Gasteiger partial charge in [-0.05, 0) is 65.9 Å². The van der Waals surface area contributed by atoms with E-state index < -0.39 is 5.97 Å². The molecule has 4 aromatic carbocycles. The predicted molar refractivity (Wildman–Crippen MR) is 179 cm³/mol. The first-order valence-corrected chi connectivity index (χ1v) is 15.3. The van der Waals surface area contributed by atoms with Crippen LogP contribution in [-0.2, 0) is 20.0 Å². The number of aromatic nitrogens is 4. The lowest BCUT2D eigenvalue weighted by Crippen LogP contribution is -2.05. The zero-order valence-corrected chi connectivity index (χ0v) is 26.3. The monoisotopic (exact) mass is 574 g/mol. The lowest BCUT2D eigenvalue weighted by molar-refractivity contribution is 0.0697. The van der Waals surface area contributed by atoms with Crippen LogP contribution in [0.15, 0.2) is 84.9 Å². The minimum atomic E-state index is -0.921. The molecule has 6 rings (SSSR count). The van der Waals surface area contributed by atoms with Crippen LogP contribution < -0.4 is 0 Å². The fourth-order valence-electron chi connectivity index (χ4n) is 5.46. The Morgan fingerprint density at radius 3 is 2.16 bits per heavy atom. The first-order valence-electron chi connectivity index (χ1n) is 15.3. The first kappa shape index (κ1) is 31.2. The SMILES string of the molecule is CC.CC.CCCc1nc2c(C)cc(-c3nc4ccccc4n3C)cc2n1Cc1ccc(-c2ccccc2C(=O)O)cc1. The van der Waals surface area contributed by atoms with Crippen molar-refractivity contribution >= 4 is 28.0 Å². The van der Waals surface area contributed by atoms with Crippen molar-refractivity contribution in [3.8, 4) is 22.5 Å². The molecule has 0 aliphatic heterocycles. The summed E-state index contributed by atoms with van der Waals surface area (Å²) in [5.41, 5.74) is 9.46. The minimum absolute atomic E-state index is 0.307. The molecule has 1 N–H and O–H groups in total. The summed E-state index contributed by atoms with van der Waals surface area (Å²) in [7, 11) is 2.06. The van der Waals surface area contributed by atoms with Crippen molar-refractivity contribution in [3.63, 3.8) is 0 Å². The van der Waals surface area contributed by atoms with Crippen LogP contribution >= 0.6 is 0 Å². The maximum absolute atomic E-state index is 11.7. The topological polar surface area (TPSA) is 72.9 Å². The number of aryl methyl sites for hydroxylation is 3. The molecule has 0 aliphatic carbocycles. The summed E-state index contributed by atoms with van der Waals surface area (Å²) in [4.78, 5) is 21.7. The van der Waals surface area contributed by atoms with E-state index in [0.717, 1.165) is 74.4 Å². The predicted octanol–water partition coefficient (Wildman–Crippen LogP) is 9.32. The van der Waals surface area contributed by atoms with Crippen LogP contribution in [0.4, 0.5) is 0 Å². The molecule has 2 heterocycles. The van der Waals surface area contributed by atoms with Gasteiger partial charge >= 0.3 is 5.97 Å². The normalized spacial score (nSPS) is 10.7. The average molecular weight is 575 g/mol. The van der Waals surface area contributed by atoms with Crippen LogP contribution in [0.3, 0.4) is 0 Å². The number of benzene rings is 4. The summed E-state index contributed by atoms with van der Waals surface area (Å²) >= 11 is 0. The summed E-state index contributed by atoms with van der Waals surface area (Å²) in [6.45, 7) is 13.0. The van der Waals surface area contributed by atoms with E-state index in [1.807, 2.05) is 70.2 Å². The highest BCUT2D eigenvalue weighted by Gasteiger charge is 2.17. The maximum atomic E-state index is 11.7. The van der Waals surface area contributed by atoms with Crippen LogP contribution in [0.25, 0.3) is 44.6 Å². The van der Waals surface area contributed by atoms with Gasteiger partial charge in [-0.25, -0.2) is 14.8 Å². The molecular formula is C37H42N4O2. The molecule has 0 saturated carbocycles. The largest absolute Gasteiger partial charge is 0.478 e. The lowest BCUT2D eigenvalue weighted by atomic mass is 9.98. The molecule has 0 bridgehead atoms. The Bertz CT molecular complexity index is 1850. The van der Waals surface area contributed by atoms with Crippen LogP contribution in [0.2, 0.25) is 0 Å². The second-order valence-electron chi connectivity index (χ2n) is 10.1. The van der Waals surface area contributed by atoms with Gasteiger partial charge in [0.25, 0.3) is 0 Å². The molecule has 43 heavy (non-hydrogen) atoms. The maximum Gasteiger partial charge on any atom is 0.336 e. The van der Waals surface area contributed by atoms with Crippen molar-refractivity contribution in [2.45, 2.75) is 60.9 Å². The number of carboxylic acids is 1. The molecule has 6 nitrogen and oxygen atoms in total. The highest BCUT2D eigenvalue weighted by Crippen LogP contribution is 2.31. The number of imidazole rings is 2. The fraction of sp³-hybridized carbons (Fsp3) is 0.270. The third-order valence-electron chi connectivity index (χ3n) is 7.41. The number of nitrogens with zero attached hydrogens (tertiary/aromatic N) is 4. The average Bonchev–Trinajstić information content (AvgIpc) is 3.57. The number of carbonyl (C=O) groups is 1. The second kappa shape index (κ2) is 14.0. The number of hydrogen-bond donors (Lipinski definition) is 1. The van der Waals surface area contributed by atoms with Gasteiger partial charge in [-0.1, -0.05) is 89.2 Å². The van der Waals surface area contributed by atoms with Gasteiger partial charge < -0.3 is 14.2 Å². The van der Waals surface area contributed by atoms with E-state index in [9.17, 15) is 9.90 Å². The van der Waals surface area contributed by atoms with Gasteiger partial charge in [0.15, 0.2) is 0 Å². The van der Waals surface area contributed by atoms with E-state index in [-0.39, 0.29) is 0 Å². The summed E-state index contributed by atoms with van der Waals surface area (Å²) in [5, 5.41) is 9.60. The molecule has 0 fully saturated rings. The number of fused-ring (bicyclic) bond motifs is 2. The van der Waals surface area contributed by atoms with Crippen LogP contribution in [0, 0.1) is 6.92 Å². The standard InChI is InChI=1S/C33H30N4O2.2C2H6/c1-4-9-30-35-31-21(2)18-24(32-34-27-12-7-8-13-28(27)36(32)3)19-29(31)37(30)20-22-14-16-23(17-15-22)25-10-5-6-11-26(25)33(38)39;2*1-2/h5-8,10-19H,4,9,20H2,1-3H3,(H,38,39);2*1-2H3. The molecule has 2 aromatic heterocycles. The van der Waals surface area contributed by atoms with Gasteiger partial charge in [0.2, 0.25) is 0 Å². The van der Waals surface area contributed by atoms with Gasteiger partial charge in [0.05, 0.1) is 27.6 Å². The van der Waals surface area contributed by atoms with E-state index in [4.69, 9.17) is 9.97 Å². The molecule has 0 saturated heterocycles. The van der Waals surface area contributed by atoms with Crippen molar-refractivity contribution in [2.75, 3.05) is 0 Å². The number of para-hydroxylation sites is 2. The van der Waals surface area contributed by atoms with Crippen molar-refractivity contribution in [1.29, 1.82) is 0 Å². The smallest absolute Gasteiger partial charge is 0.336 e. The molecule has 0 unspecified atom stereocenters. The number of rotatable bonds is 7. The van der Waals surface area contributed by atoms with Crippen molar-refractivity contribution in [1.82, 2.24) is 19.1 Å². The second-order valence-corrected chi connectivity index (χ2v) is 10.1. The van der Waals surface area contributed by atoms with E-state index in [1.165, 1.54) is 0 Å². The van der Waals surface area contributed by atoms with Crippen LogP contribution in [-0.4, -0.2) is 30.2 Å². The van der Waals surface area contributed by atoms with Gasteiger partial charge in [-0.15, -0.1) is 0 Å². The Hall–Kier alpha value is -4.71. The molecule has 0 spiro atoms. The number of carboxylic acid groups (broad SMARTS) is 1. The molecular weight excluding hydrogens is 532 g/mol. The molecule has 6 heteroatoms. The summed E-state index contributed by atoms with van der Waals surface area (Å²) in [5.74, 6) is 1.08. The lowest BCUT2D eigenvalue weighted by Gasteiger charge is -2.12. The fourth-order valence-corrected chi connectivity index (χ4v) is 5.46. The highest BCUT2D eigenvalue weighted by molar-refractivity contribution is 5.96. The molecule has 0 atom stereocenters. The summed E-state index contributed by atoms with van der Waals surface area (Å²) in [6.07, 6.45) is 1.89. The van der Waals surface area contributed by atoms with E-state index in [2.05, 4.69) is 60.4 Å². The van der Waals surface area contributed by atoms with E-state index >= 15 is 0 Å². The minimum Gasteiger partial charge on any atom is -0.478 e. The van der Waals surface area contributed by atoms with Crippen LogP contribution in [0.1, 0.15) is 68.3 Å². The number of aromatic carboxylic acids is 1. The quantitative estimate of drug-likeness (QED) is 0.206. The Morgan fingerprint density at radius 2 is 1.49 bits per heavy atom. The van der Waals surface area contributed by atoms with Gasteiger partial charge in [-0.2, -0.15) is 0 Å². The molecule has 0 radical (unpaired) electrons. The zero-order valence-electron chi connectivity index (χ0n) is 26.3. The summed E-state index contributed by atoms with van der Waals surface area (Å²) in [6, 6.07) is 27.9. The van der Waals surface area contributed by atoms with Crippen molar-refractivity contribution in [3.05, 3.63) is 107 Å². The Balaban J connectivity index is 0.00000102. The molecule has 222 valence electrons. The summed E-state index contributed by atoms with van der Waals surface area (Å²) < 4.78 is 4.47. The molecule has 6 aromatic rings. The van der Waals surface area contributed by atoms with E-state index in [1.54, 1.807) is 12.1 Å². The highest BCUT2D eigenvalue weighted by atomic mass is 16.4. The van der Waals surface area contributed by atoms with Crippen LogP contribution in [0.5, 0.6) is 0 Å². The third kappa shape index (κ3) is 6.24. The number of hydrogen-bond acceptors (Lipinski definition) is 3. The Kier molecular flexibility index (Phi) is 10.1. The Labute approximate surface area is 254 Å². The molecule has 0 amide bonds. The van der Waals surface area contributed by atoms with Gasteiger partial charge in [-0.3, -0.25) is 0 Å². The first-order chi connectivity index (χ1) is 20.9. The zero-order chi connectivity index (χ0) is 31.1. The molecule has 0 aliphatic rings. The van der Waals surface area contributed by atoms with Crippen molar-refractivity contribution < 1.29 is 9.90 Å².